The van der Waals surface area contributed by atoms with Gasteiger partial charge < -0.3 is 5.32 Å². The van der Waals surface area contributed by atoms with E-state index in [2.05, 4.69) is 21.5 Å². The molecule has 0 aliphatic heterocycles. The van der Waals surface area contributed by atoms with Crippen LogP contribution >= 0.6 is 11.8 Å². The van der Waals surface area contributed by atoms with E-state index in [4.69, 9.17) is 0 Å². The minimum atomic E-state index is -0.846. The summed E-state index contributed by atoms with van der Waals surface area (Å²) in [5.74, 6) is 0. The van der Waals surface area contributed by atoms with Gasteiger partial charge in [-0.15, -0.1) is 0 Å². The Morgan fingerprint density at radius 2 is 2.24 bits per heavy atom. The molecule has 0 saturated carbocycles. The maximum Gasteiger partial charge on any atom is 0.339 e. The van der Waals surface area contributed by atoms with Gasteiger partial charge in [-0.05, 0) is 36.5 Å². The second-order valence-electron chi connectivity index (χ2n) is 4.27. The SMILES string of the molecule is CNCc1ccc(Sc2nc(=O)c(=O)[nH]n2C)c(C#N)c1. The first-order valence-corrected chi connectivity index (χ1v) is 6.89. The van der Waals surface area contributed by atoms with Crippen molar-refractivity contribution in [2.45, 2.75) is 16.6 Å². The zero-order valence-electron chi connectivity index (χ0n) is 11.5. The predicted molar refractivity (Wildman–Crippen MR) is 78.1 cm³/mol. The Morgan fingerprint density at radius 3 is 2.90 bits per heavy atom. The molecule has 2 N–H and O–H groups in total. The summed E-state index contributed by atoms with van der Waals surface area (Å²) < 4.78 is 1.36. The lowest BCUT2D eigenvalue weighted by Crippen LogP contribution is -2.33. The molecule has 0 bridgehead atoms. The number of nitrogens with one attached hydrogen (secondary N) is 2. The van der Waals surface area contributed by atoms with Crippen LogP contribution in [0.15, 0.2) is 37.8 Å². The fraction of sp³-hybridized carbons (Fsp3) is 0.231. The van der Waals surface area contributed by atoms with Crippen molar-refractivity contribution in [1.82, 2.24) is 20.1 Å². The van der Waals surface area contributed by atoms with E-state index in [0.717, 1.165) is 17.3 Å². The van der Waals surface area contributed by atoms with Crippen LogP contribution in [0.1, 0.15) is 11.1 Å². The van der Waals surface area contributed by atoms with E-state index in [1.807, 2.05) is 13.1 Å². The Hall–Kier alpha value is -2.37. The van der Waals surface area contributed by atoms with E-state index in [-0.39, 0.29) is 0 Å². The highest BCUT2D eigenvalue weighted by molar-refractivity contribution is 7.99. The maximum atomic E-state index is 11.3. The second-order valence-corrected chi connectivity index (χ2v) is 5.28. The molecule has 0 spiro atoms. The summed E-state index contributed by atoms with van der Waals surface area (Å²) in [6, 6.07) is 7.60. The molecule has 0 radical (unpaired) electrons. The minimum Gasteiger partial charge on any atom is -0.316 e. The van der Waals surface area contributed by atoms with Crippen molar-refractivity contribution in [1.29, 1.82) is 5.26 Å². The molecule has 0 fully saturated rings. The van der Waals surface area contributed by atoms with Gasteiger partial charge in [0.25, 0.3) is 0 Å². The summed E-state index contributed by atoms with van der Waals surface area (Å²) in [5.41, 5.74) is -0.137. The molecule has 108 valence electrons. The zero-order chi connectivity index (χ0) is 15.4. The van der Waals surface area contributed by atoms with E-state index < -0.39 is 11.1 Å². The quantitative estimate of drug-likeness (QED) is 0.783. The topological polar surface area (TPSA) is 104 Å². The standard InChI is InChI=1S/C13H13N5O2S/c1-15-7-8-3-4-10(9(5-8)6-14)21-13-16-11(19)12(20)17-18(13)2/h3-5,15H,7H2,1-2H3,(H,17,20). The van der Waals surface area contributed by atoms with E-state index >= 15 is 0 Å². The van der Waals surface area contributed by atoms with Gasteiger partial charge in [0.2, 0.25) is 0 Å². The maximum absolute atomic E-state index is 11.3. The number of hydrogen-bond donors (Lipinski definition) is 2. The molecule has 0 unspecified atom stereocenters. The van der Waals surface area contributed by atoms with Gasteiger partial charge in [0.1, 0.15) is 6.07 Å². The van der Waals surface area contributed by atoms with Crippen molar-refractivity contribution >= 4 is 11.8 Å². The van der Waals surface area contributed by atoms with Crippen LogP contribution in [0.4, 0.5) is 0 Å². The van der Waals surface area contributed by atoms with Gasteiger partial charge in [-0.25, -0.2) is 0 Å². The van der Waals surface area contributed by atoms with Crippen molar-refractivity contribution in [3.63, 3.8) is 0 Å². The molecule has 0 aliphatic carbocycles. The Balaban J connectivity index is 2.40. The van der Waals surface area contributed by atoms with Crippen LogP contribution in [0, 0.1) is 11.3 Å². The average Bonchev–Trinajstić information content (AvgIpc) is 2.46. The Labute approximate surface area is 124 Å². The summed E-state index contributed by atoms with van der Waals surface area (Å²) in [6.07, 6.45) is 0. The van der Waals surface area contributed by atoms with E-state index in [9.17, 15) is 14.9 Å². The van der Waals surface area contributed by atoms with Crippen LogP contribution in [0.2, 0.25) is 0 Å². The van der Waals surface area contributed by atoms with Crippen LogP contribution in [-0.2, 0) is 13.6 Å². The normalized spacial score (nSPS) is 10.3. The third kappa shape index (κ3) is 3.39. The highest BCUT2D eigenvalue weighted by Gasteiger charge is 2.10. The molecule has 7 nitrogen and oxygen atoms in total. The number of nitriles is 1. The van der Waals surface area contributed by atoms with Gasteiger partial charge in [-0.1, -0.05) is 6.07 Å². The number of aromatic amines is 1. The molecule has 2 rings (SSSR count). The lowest BCUT2D eigenvalue weighted by molar-refractivity contribution is 0.596. The highest BCUT2D eigenvalue weighted by Crippen LogP contribution is 2.28. The molecule has 0 aliphatic rings. The number of benzene rings is 1. The third-order valence-electron chi connectivity index (χ3n) is 2.69. The van der Waals surface area contributed by atoms with Gasteiger partial charge in [0, 0.05) is 18.5 Å². The van der Waals surface area contributed by atoms with E-state index in [1.165, 1.54) is 4.68 Å². The molecule has 0 atom stereocenters. The van der Waals surface area contributed by atoms with Crippen molar-refractivity contribution in [2.75, 3.05) is 7.05 Å². The fourth-order valence-corrected chi connectivity index (χ4v) is 2.58. The Morgan fingerprint density at radius 1 is 1.48 bits per heavy atom. The number of H-pyrrole nitrogens is 1. The summed E-state index contributed by atoms with van der Waals surface area (Å²) in [7, 11) is 3.41. The van der Waals surface area contributed by atoms with Crippen molar-refractivity contribution in [3.05, 3.63) is 50.0 Å². The van der Waals surface area contributed by atoms with Crippen LogP contribution in [0.25, 0.3) is 0 Å². The number of aryl methyl sites for hydroxylation is 1. The van der Waals surface area contributed by atoms with Crippen LogP contribution in [-0.4, -0.2) is 21.8 Å². The van der Waals surface area contributed by atoms with E-state index in [1.54, 1.807) is 19.2 Å². The Kier molecular flexibility index (Phi) is 4.57. The first-order valence-electron chi connectivity index (χ1n) is 6.08. The van der Waals surface area contributed by atoms with Gasteiger partial charge >= 0.3 is 11.1 Å². The third-order valence-corrected chi connectivity index (χ3v) is 3.82. The van der Waals surface area contributed by atoms with Gasteiger partial charge in [-0.2, -0.15) is 10.2 Å². The van der Waals surface area contributed by atoms with Gasteiger partial charge in [0.15, 0.2) is 5.16 Å². The largest absolute Gasteiger partial charge is 0.339 e. The first kappa shape index (κ1) is 15.0. The molecule has 0 saturated heterocycles. The molecule has 21 heavy (non-hydrogen) atoms. The van der Waals surface area contributed by atoms with Crippen LogP contribution < -0.4 is 16.4 Å². The highest BCUT2D eigenvalue weighted by atomic mass is 32.2. The second kappa shape index (κ2) is 6.39. The average molecular weight is 303 g/mol. The number of rotatable bonds is 4. The summed E-state index contributed by atoms with van der Waals surface area (Å²) in [5, 5.41) is 14.9. The van der Waals surface area contributed by atoms with Crippen molar-refractivity contribution in [2.24, 2.45) is 7.05 Å². The van der Waals surface area contributed by atoms with Gasteiger partial charge in [0.05, 0.1) is 5.56 Å². The number of hydrogen-bond acceptors (Lipinski definition) is 6. The molecule has 1 heterocycles. The Bertz CT molecular complexity index is 819. The molecular formula is C13H13N5O2S. The fourth-order valence-electron chi connectivity index (χ4n) is 1.72. The first-order chi connectivity index (χ1) is 10.0. The monoisotopic (exact) mass is 303 g/mol. The molecule has 1 aromatic heterocycles. The molecule has 2 aromatic rings. The zero-order valence-corrected chi connectivity index (χ0v) is 12.3. The van der Waals surface area contributed by atoms with E-state index in [0.29, 0.717) is 22.2 Å². The van der Waals surface area contributed by atoms with Crippen molar-refractivity contribution < 1.29 is 0 Å². The van der Waals surface area contributed by atoms with Crippen molar-refractivity contribution in [3.8, 4) is 6.07 Å². The number of nitrogens with zero attached hydrogens (tertiary/aromatic N) is 3. The molecule has 8 heteroatoms. The lowest BCUT2D eigenvalue weighted by atomic mass is 10.1. The van der Waals surface area contributed by atoms with Gasteiger partial charge in [-0.3, -0.25) is 19.4 Å². The smallest absolute Gasteiger partial charge is 0.316 e. The number of aromatic nitrogens is 3. The van der Waals surface area contributed by atoms with Crippen LogP contribution in [0.5, 0.6) is 0 Å². The lowest BCUT2D eigenvalue weighted by Gasteiger charge is -2.08. The molecule has 1 aromatic carbocycles. The predicted octanol–water partition coefficient (Wildman–Crippen LogP) is 0.211. The minimum absolute atomic E-state index is 0.317. The summed E-state index contributed by atoms with van der Waals surface area (Å²) in [4.78, 5) is 26.9. The summed E-state index contributed by atoms with van der Waals surface area (Å²) in [6.45, 7) is 0.662. The summed E-state index contributed by atoms with van der Waals surface area (Å²) >= 11 is 1.15. The van der Waals surface area contributed by atoms with Crippen LogP contribution in [0.3, 0.4) is 0 Å². The molecular weight excluding hydrogens is 290 g/mol. The molecule has 0 amide bonds.